The van der Waals surface area contributed by atoms with Gasteiger partial charge in [-0.3, -0.25) is 9.59 Å². The highest BCUT2D eigenvalue weighted by atomic mass is 35.5. The monoisotopic (exact) mass is 314 g/mol. The fourth-order valence-corrected chi connectivity index (χ4v) is 1.86. The molecule has 0 aromatic heterocycles. The number of esters is 1. The first-order valence-corrected chi connectivity index (χ1v) is 6.93. The molecule has 0 bridgehead atoms. The minimum absolute atomic E-state index is 0.0564. The lowest BCUT2D eigenvalue weighted by Crippen LogP contribution is -2.34. The number of rotatable bonds is 8. The summed E-state index contributed by atoms with van der Waals surface area (Å²) in [4.78, 5) is 22.2. The van der Waals surface area contributed by atoms with E-state index in [0.717, 1.165) is 0 Å². The summed E-state index contributed by atoms with van der Waals surface area (Å²) in [5.74, 6) is -1.61. The molecule has 2 unspecified atom stereocenters. The fraction of sp³-hybridized carbons (Fsp3) is 0.429. The molecule has 2 atom stereocenters. The van der Waals surface area contributed by atoms with Crippen molar-refractivity contribution in [2.24, 2.45) is 11.5 Å². The highest BCUT2D eigenvalue weighted by Crippen LogP contribution is 2.16. The van der Waals surface area contributed by atoms with E-state index in [4.69, 9.17) is 32.9 Å². The van der Waals surface area contributed by atoms with Gasteiger partial charge in [-0.05, 0) is 25.3 Å². The maximum atomic E-state index is 11.7. The Morgan fingerprint density at radius 3 is 2.43 bits per heavy atom. The van der Waals surface area contributed by atoms with E-state index in [1.165, 1.54) is 0 Å². The number of carboxylic acids is 1. The number of nitrogens with two attached hydrogens (primary N) is 2. The van der Waals surface area contributed by atoms with E-state index in [1.54, 1.807) is 24.3 Å². The number of hydrogen-bond donors (Lipinski definition) is 3. The average molecular weight is 315 g/mol. The van der Waals surface area contributed by atoms with Gasteiger partial charge in [0.2, 0.25) is 0 Å². The molecule has 0 saturated heterocycles. The molecule has 5 N–H and O–H groups in total. The minimum Gasteiger partial charge on any atom is -0.480 e. The van der Waals surface area contributed by atoms with Crippen LogP contribution in [0.15, 0.2) is 24.3 Å². The van der Waals surface area contributed by atoms with Crippen molar-refractivity contribution in [2.75, 3.05) is 0 Å². The van der Waals surface area contributed by atoms with Crippen LogP contribution in [0.3, 0.4) is 0 Å². The van der Waals surface area contributed by atoms with Crippen LogP contribution in [0, 0.1) is 0 Å². The SMILES string of the molecule is NC(CCCC(N)C(=O)OCc1ccccc1Cl)C(=O)O. The van der Waals surface area contributed by atoms with Crippen molar-refractivity contribution in [1.82, 2.24) is 0 Å². The van der Waals surface area contributed by atoms with E-state index in [0.29, 0.717) is 23.4 Å². The number of aliphatic carboxylic acids is 1. The van der Waals surface area contributed by atoms with E-state index >= 15 is 0 Å². The van der Waals surface area contributed by atoms with Gasteiger partial charge in [-0.15, -0.1) is 0 Å². The molecule has 0 aliphatic carbocycles. The first-order chi connectivity index (χ1) is 9.91. The van der Waals surface area contributed by atoms with Crippen LogP contribution in [0.25, 0.3) is 0 Å². The second-order valence-corrected chi connectivity index (χ2v) is 5.09. The minimum atomic E-state index is -1.06. The standard InChI is InChI=1S/C14H19ClN2O4/c15-10-5-2-1-4-9(10)8-21-14(20)12(17)7-3-6-11(16)13(18)19/h1-2,4-5,11-12H,3,6-8,16-17H2,(H,18,19). The summed E-state index contributed by atoms with van der Waals surface area (Å²) >= 11 is 5.94. The van der Waals surface area contributed by atoms with Crippen LogP contribution in [0.4, 0.5) is 0 Å². The maximum Gasteiger partial charge on any atom is 0.323 e. The first kappa shape index (κ1) is 17.4. The predicted molar refractivity (Wildman–Crippen MR) is 78.7 cm³/mol. The molecule has 1 aromatic rings. The molecule has 0 aliphatic rings. The van der Waals surface area contributed by atoms with E-state index in [1.807, 2.05) is 0 Å². The quantitative estimate of drug-likeness (QED) is 0.623. The van der Waals surface area contributed by atoms with Gasteiger partial charge in [0, 0.05) is 10.6 Å². The highest BCUT2D eigenvalue weighted by Gasteiger charge is 2.17. The van der Waals surface area contributed by atoms with Crippen LogP contribution in [-0.4, -0.2) is 29.1 Å². The molecule has 7 heteroatoms. The normalized spacial score (nSPS) is 13.5. The number of carbonyl (C=O) groups excluding carboxylic acids is 1. The van der Waals surface area contributed by atoms with Crippen LogP contribution >= 0.6 is 11.6 Å². The second kappa shape index (κ2) is 8.61. The number of benzene rings is 1. The molecule has 21 heavy (non-hydrogen) atoms. The number of carbonyl (C=O) groups is 2. The zero-order chi connectivity index (χ0) is 15.8. The molecule has 0 heterocycles. The Bertz CT molecular complexity index is 496. The van der Waals surface area contributed by atoms with Gasteiger partial charge in [-0.25, -0.2) is 0 Å². The Labute approximate surface area is 128 Å². The topological polar surface area (TPSA) is 116 Å². The molecule has 1 aromatic carbocycles. The lowest BCUT2D eigenvalue weighted by molar-refractivity contribution is -0.146. The van der Waals surface area contributed by atoms with E-state index in [-0.39, 0.29) is 13.0 Å². The van der Waals surface area contributed by atoms with Gasteiger partial charge in [-0.1, -0.05) is 29.8 Å². The van der Waals surface area contributed by atoms with Gasteiger partial charge in [0.25, 0.3) is 0 Å². The average Bonchev–Trinajstić information content (AvgIpc) is 2.45. The van der Waals surface area contributed by atoms with Crippen LogP contribution in [-0.2, 0) is 20.9 Å². The Morgan fingerprint density at radius 2 is 1.81 bits per heavy atom. The van der Waals surface area contributed by atoms with Gasteiger partial charge in [-0.2, -0.15) is 0 Å². The predicted octanol–water partition coefficient (Wildman–Crippen LogP) is 1.29. The van der Waals surface area contributed by atoms with Crippen LogP contribution in [0.5, 0.6) is 0 Å². The third kappa shape index (κ3) is 6.12. The van der Waals surface area contributed by atoms with E-state index < -0.39 is 24.0 Å². The van der Waals surface area contributed by atoms with E-state index in [9.17, 15) is 9.59 Å². The summed E-state index contributed by atoms with van der Waals surface area (Å²) in [5, 5.41) is 9.15. The first-order valence-electron chi connectivity index (χ1n) is 6.56. The zero-order valence-electron chi connectivity index (χ0n) is 11.5. The highest BCUT2D eigenvalue weighted by molar-refractivity contribution is 6.31. The van der Waals surface area contributed by atoms with Crippen LogP contribution in [0.1, 0.15) is 24.8 Å². The van der Waals surface area contributed by atoms with Crippen molar-refractivity contribution in [3.05, 3.63) is 34.9 Å². The van der Waals surface area contributed by atoms with Crippen LogP contribution < -0.4 is 11.5 Å². The van der Waals surface area contributed by atoms with Crippen molar-refractivity contribution in [3.8, 4) is 0 Å². The smallest absolute Gasteiger partial charge is 0.323 e. The third-order valence-corrected chi connectivity index (χ3v) is 3.35. The fourth-order valence-electron chi connectivity index (χ4n) is 1.67. The molecule has 0 radical (unpaired) electrons. The third-order valence-electron chi connectivity index (χ3n) is 2.98. The molecule has 0 aliphatic heterocycles. The van der Waals surface area contributed by atoms with Gasteiger partial charge in [0.1, 0.15) is 18.7 Å². The second-order valence-electron chi connectivity index (χ2n) is 4.68. The molecule has 0 amide bonds. The van der Waals surface area contributed by atoms with Gasteiger partial charge in [0.05, 0.1) is 0 Å². The Balaban J connectivity index is 2.31. The number of carboxylic acid groups (broad SMARTS) is 1. The van der Waals surface area contributed by atoms with Crippen molar-refractivity contribution in [1.29, 1.82) is 0 Å². The Kier molecular flexibility index (Phi) is 7.14. The summed E-state index contributed by atoms with van der Waals surface area (Å²) in [6, 6.07) is 5.31. The molecule has 0 spiro atoms. The largest absolute Gasteiger partial charge is 0.480 e. The number of ether oxygens (including phenoxy) is 1. The lowest BCUT2D eigenvalue weighted by atomic mass is 10.1. The zero-order valence-corrected chi connectivity index (χ0v) is 12.3. The van der Waals surface area contributed by atoms with Gasteiger partial charge in [0.15, 0.2) is 0 Å². The summed E-state index contributed by atoms with van der Waals surface area (Å²) < 4.78 is 5.08. The molecule has 116 valence electrons. The van der Waals surface area contributed by atoms with Crippen LogP contribution in [0.2, 0.25) is 5.02 Å². The number of hydrogen-bond acceptors (Lipinski definition) is 5. The maximum absolute atomic E-state index is 11.7. The molecule has 0 fully saturated rings. The number of halogens is 1. The molecule has 6 nitrogen and oxygen atoms in total. The Hall–Kier alpha value is -1.63. The van der Waals surface area contributed by atoms with Gasteiger partial charge < -0.3 is 21.3 Å². The summed E-state index contributed by atoms with van der Waals surface area (Å²) in [6.07, 6.45) is 1.03. The van der Waals surface area contributed by atoms with E-state index in [2.05, 4.69) is 0 Å². The Morgan fingerprint density at radius 1 is 1.19 bits per heavy atom. The molecular weight excluding hydrogens is 296 g/mol. The summed E-state index contributed by atoms with van der Waals surface area (Å²) in [5.41, 5.74) is 11.7. The summed E-state index contributed by atoms with van der Waals surface area (Å²) in [6.45, 7) is 0.0564. The summed E-state index contributed by atoms with van der Waals surface area (Å²) in [7, 11) is 0. The molecular formula is C14H19ClN2O4. The lowest BCUT2D eigenvalue weighted by Gasteiger charge is -2.13. The molecule has 0 saturated carbocycles. The van der Waals surface area contributed by atoms with Crippen molar-refractivity contribution in [2.45, 2.75) is 38.0 Å². The van der Waals surface area contributed by atoms with Crippen molar-refractivity contribution >= 4 is 23.5 Å². The van der Waals surface area contributed by atoms with Gasteiger partial charge >= 0.3 is 11.9 Å². The van der Waals surface area contributed by atoms with Crippen molar-refractivity contribution in [3.63, 3.8) is 0 Å². The molecule has 1 rings (SSSR count). The van der Waals surface area contributed by atoms with Crippen molar-refractivity contribution < 1.29 is 19.4 Å².